The van der Waals surface area contributed by atoms with Gasteiger partial charge in [0.2, 0.25) is 0 Å². The molecule has 0 fully saturated rings. The highest BCUT2D eigenvalue weighted by atomic mass is 15.1. The van der Waals surface area contributed by atoms with Crippen LogP contribution in [0.3, 0.4) is 0 Å². The molecule has 44 heavy (non-hydrogen) atoms. The summed E-state index contributed by atoms with van der Waals surface area (Å²) in [4.78, 5) is 2.40. The van der Waals surface area contributed by atoms with Crippen LogP contribution in [0.4, 0.5) is 17.1 Å². The smallest absolute Gasteiger partial charge is 0.0578 e. The molecule has 0 amide bonds. The first-order valence-corrected chi connectivity index (χ1v) is 15.7. The number of aryl methyl sites for hydroxylation is 1. The maximum absolute atomic E-state index is 4.52. The van der Waals surface area contributed by atoms with E-state index in [0.717, 1.165) is 35.6 Å². The van der Waals surface area contributed by atoms with Crippen LogP contribution in [0.15, 0.2) is 134 Å². The van der Waals surface area contributed by atoms with E-state index in [4.69, 9.17) is 0 Å². The molecule has 0 spiro atoms. The summed E-state index contributed by atoms with van der Waals surface area (Å²) in [7, 11) is 0. The van der Waals surface area contributed by atoms with Gasteiger partial charge in [0.1, 0.15) is 0 Å². The predicted octanol–water partition coefficient (Wildman–Crippen LogP) is 11.8. The van der Waals surface area contributed by atoms with E-state index >= 15 is 0 Å². The summed E-state index contributed by atoms with van der Waals surface area (Å²) < 4.78 is 2.36. The minimum Gasteiger partial charge on any atom is -0.310 e. The molecule has 5 aromatic rings. The van der Waals surface area contributed by atoms with Gasteiger partial charge < -0.3 is 9.47 Å². The topological polar surface area (TPSA) is 8.17 Å². The largest absolute Gasteiger partial charge is 0.310 e. The summed E-state index contributed by atoms with van der Waals surface area (Å²) in [5.74, 6) is 0.548. The monoisotopic (exact) mass is 572 g/mol. The van der Waals surface area contributed by atoms with Gasteiger partial charge in [-0.2, -0.15) is 0 Å². The molecular weight excluding hydrogens is 532 g/mol. The number of benzene rings is 4. The number of rotatable bonds is 4. The molecule has 1 unspecified atom stereocenters. The van der Waals surface area contributed by atoms with Gasteiger partial charge in [-0.3, -0.25) is 0 Å². The molecule has 0 radical (unpaired) electrons. The Bertz CT molecular complexity index is 2020. The number of hydrogen-bond donors (Lipinski definition) is 0. The zero-order chi connectivity index (χ0) is 30.4. The third-order valence-electron chi connectivity index (χ3n) is 9.26. The van der Waals surface area contributed by atoms with E-state index in [9.17, 15) is 0 Å². The van der Waals surface area contributed by atoms with Crippen molar-refractivity contribution in [2.24, 2.45) is 5.92 Å². The fraction of sp³-hybridized carbons (Fsp3) is 0.190. The lowest BCUT2D eigenvalue weighted by Crippen LogP contribution is -2.17. The Labute approximate surface area is 261 Å². The van der Waals surface area contributed by atoms with Gasteiger partial charge in [0.15, 0.2) is 0 Å². The molecule has 0 N–H and O–H groups in total. The van der Waals surface area contributed by atoms with Crippen LogP contribution < -0.4 is 4.90 Å². The van der Waals surface area contributed by atoms with Crippen molar-refractivity contribution in [1.82, 2.24) is 4.57 Å². The van der Waals surface area contributed by atoms with Crippen LogP contribution in [0.25, 0.3) is 33.1 Å². The molecule has 1 aliphatic carbocycles. The van der Waals surface area contributed by atoms with Crippen LogP contribution in [0.5, 0.6) is 0 Å². The first-order valence-electron chi connectivity index (χ1n) is 15.7. The number of aromatic nitrogens is 1. The van der Waals surface area contributed by atoms with Gasteiger partial charge in [0.05, 0.1) is 11.0 Å². The lowest BCUT2D eigenvalue weighted by atomic mass is 9.80. The van der Waals surface area contributed by atoms with Crippen molar-refractivity contribution in [2.75, 3.05) is 4.90 Å². The average Bonchev–Trinajstić information content (AvgIpc) is 3.36. The van der Waals surface area contributed by atoms with Gasteiger partial charge >= 0.3 is 0 Å². The Morgan fingerprint density at radius 1 is 0.818 bits per heavy atom. The fourth-order valence-corrected chi connectivity index (χ4v) is 6.88. The zero-order valence-corrected chi connectivity index (χ0v) is 26.2. The SMILES string of the molecule is C=C1/C=C\C=C/CC(C)(C)c2cccc3c4cc(N(c5ccc(C)cc5)c5cccc(C6=CC=CC(C)C6)c5)ccc4n1c23. The van der Waals surface area contributed by atoms with Gasteiger partial charge in [-0.05, 0) is 96.3 Å². The van der Waals surface area contributed by atoms with E-state index in [1.165, 1.54) is 44.1 Å². The van der Waals surface area contributed by atoms with E-state index in [1.54, 1.807) is 0 Å². The lowest BCUT2D eigenvalue weighted by Gasteiger charge is -2.27. The highest BCUT2D eigenvalue weighted by molar-refractivity contribution is 6.13. The lowest BCUT2D eigenvalue weighted by molar-refractivity contribution is 0.537. The molecule has 0 saturated heterocycles. The molecule has 2 heteroatoms. The molecular formula is C42H40N2. The summed E-state index contributed by atoms with van der Waals surface area (Å²) in [6.45, 7) is 13.6. The second-order valence-electron chi connectivity index (χ2n) is 13.1. The van der Waals surface area contributed by atoms with Crippen LogP contribution in [-0.4, -0.2) is 4.57 Å². The number of hydrogen-bond acceptors (Lipinski definition) is 1. The van der Waals surface area contributed by atoms with Crippen molar-refractivity contribution < 1.29 is 0 Å². The Hall–Kier alpha value is -4.82. The first kappa shape index (κ1) is 28.0. The summed E-state index contributed by atoms with van der Waals surface area (Å²) in [6, 6.07) is 31.6. The van der Waals surface area contributed by atoms with Crippen LogP contribution in [-0.2, 0) is 5.41 Å². The highest BCUT2D eigenvalue weighted by Crippen LogP contribution is 2.43. The second-order valence-corrected chi connectivity index (χ2v) is 13.1. The Balaban J connectivity index is 1.46. The quantitative estimate of drug-likeness (QED) is 0.208. The molecule has 2 heterocycles. The number of nitrogens with zero attached hydrogens (tertiary/aromatic N) is 2. The molecule has 1 aromatic heterocycles. The van der Waals surface area contributed by atoms with Crippen LogP contribution in [0, 0.1) is 12.8 Å². The zero-order valence-electron chi connectivity index (χ0n) is 26.2. The van der Waals surface area contributed by atoms with Gasteiger partial charge in [0.25, 0.3) is 0 Å². The minimum absolute atomic E-state index is 0.0225. The maximum atomic E-state index is 4.52. The highest BCUT2D eigenvalue weighted by Gasteiger charge is 2.26. The number of para-hydroxylation sites is 1. The van der Waals surface area contributed by atoms with E-state index in [-0.39, 0.29) is 5.41 Å². The average molecular weight is 573 g/mol. The third kappa shape index (κ3) is 4.95. The third-order valence-corrected chi connectivity index (χ3v) is 9.26. The van der Waals surface area contributed by atoms with Crippen LogP contribution in [0.2, 0.25) is 0 Å². The number of allylic oxidation sites excluding steroid dienone is 9. The predicted molar refractivity (Wildman–Crippen MR) is 191 cm³/mol. The van der Waals surface area contributed by atoms with E-state index in [1.807, 2.05) is 0 Å². The minimum atomic E-state index is -0.0225. The fourth-order valence-electron chi connectivity index (χ4n) is 6.88. The van der Waals surface area contributed by atoms with Crippen molar-refractivity contribution in [3.8, 4) is 0 Å². The molecule has 1 atom stereocenters. The van der Waals surface area contributed by atoms with Crippen molar-refractivity contribution >= 4 is 50.1 Å². The molecule has 0 bridgehead atoms. The molecule has 4 aromatic carbocycles. The van der Waals surface area contributed by atoms with Crippen molar-refractivity contribution in [3.63, 3.8) is 0 Å². The molecule has 2 aliphatic rings. The summed E-state index contributed by atoms with van der Waals surface area (Å²) in [6.07, 6.45) is 17.4. The Morgan fingerprint density at radius 3 is 2.41 bits per heavy atom. The van der Waals surface area contributed by atoms with Crippen molar-refractivity contribution in [2.45, 2.75) is 46.0 Å². The normalized spacial score (nSPS) is 19.1. The molecule has 2 nitrogen and oxygen atoms in total. The van der Waals surface area contributed by atoms with Crippen LogP contribution >= 0.6 is 0 Å². The van der Waals surface area contributed by atoms with Gasteiger partial charge in [-0.1, -0.05) is 112 Å². The second kappa shape index (κ2) is 11.0. The van der Waals surface area contributed by atoms with Crippen molar-refractivity contribution in [3.05, 3.63) is 151 Å². The summed E-state index contributed by atoms with van der Waals surface area (Å²) in [5.41, 5.74) is 12.1. The number of anilines is 3. The summed E-state index contributed by atoms with van der Waals surface area (Å²) in [5, 5.41) is 2.50. The molecule has 0 saturated carbocycles. The van der Waals surface area contributed by atoms with E-state index < -0.39 is 0 Å². The van der Waals surface area contributed by atoms with Crippen molar-refractivity contribution in [1.29, 1.82) is 0 Å². The van der Waals surface area contributed by atoms with E-state index in [2.05, 4.69) is 171 Å². The van der Waals surface area contributed by atoms with Crippen LogP contribution in [0.1, 0.15) is 50.3 Å². The summed E-state index contributed by atoms with van der Waals surface area (Å²) >= 11 is 0. The Morgan fingerprint density at radius 2 is 1.59 bits per heavy atom. The van der Waals surface area contributed by atoms with Gasteiger partial charge in [-0.15, -0.1) is 0 Å². The van der Waals surface area contributed by atoms with E-state index in [0.29, 0.717) is 5.92 Å². The maximum Gasteiger partial charge on any atom is 0.0578 e. The number of fused-ring (bicyclic) bond motifs is 3. The first-order chi connectivity index (χ1) is 21.3. The van der Waals surface area contributed by atoms with Gasteiger partial charge in [0, 0.05) is 33.5 Å². The molecule has 7 rings (SSSR count). The Kier molecular flexibility index (Phi) is 7.01. The van der Waals surface area contributed by atoms with Gasteiger partial charge in [-0.25, -0.2) is 0 Å². The molecule has 218 valence electrons. The standard InChI is InChI=1S/C42H40N2/c1-29-19-21-34(22-20-29)44(35-16-10-15-33(27-35)32-14-9-12-30(2)26-32)36-23-24-40-38(28-36)37-17-11-18-39-41(37)43(40)31(3)13-7-6-8-25-42(39,4)5/h6-24,27-28,30H,3,25-26H2,1-2,4-5H3/b8-6-,13-7-. The molecule has 1 aliphatic heterocycles.